The minimum atomic E-state index is -1.61. The number of H-pyrrole nitrogens is 1. The third kappa shape index (κ3) is 8.49. The summed E-state index contributed by atoms with van der Waals surface area (Å²) in [4.78, 5) is 80.0. The summed E-state index contributed by atoms with van der Waals surface area (Å²) in [5.74, 6) is -3.02. The lowest BCUT2D eigenvalue weighted by Crippen LogP contribution is -2.44. The normalized spacial score (nSPS) is 19.0. The van der Waals surface area contributed by atoms with Crippen LogP contribution in [-0.4, -0.2) is 75.4 Å². The van der Waals surface area contributed by atoms with Gasteiger partial charge in [-0.2, -0.15) is 9.78 Å². The average Bonchev–Trinajstić information content (AvgIpc) is 3.44. The fourth-order valence-corrected chi connectivity index (χ4v) is 5.57. The number of carbonyl (C=O) groups excluding carboxylic acids is 4. The quantitative estimate of drug-likeness (QED) is 0.130. The van der Waals surface area contributed by atoms with Gasteiger partial charge in [-0.05, 0) is 50.2 Å². The first-order valence-corrected chi connectivity index (χ1v) is 16.0. The number of benzene rings is 3. The molecule has 0 radical (unpaired) electrons. The van der Waals surface area contributed by atoms with Crippen LogP contribution in [0.5, 0.6) is 0 Å². The van der Waals surface area contributed by atoms with E-state index in [2.05, 4.69) is 10.1 Å². The second-order valence-corrected chi connectivity index (χ2v) is 11.9. The van der Waals surface area contributed by atoms with Gasteiger partial charge in [0.1, 0.15) is 18.0 Å². The highest BCUT2D eigenvalue weighted by atomic mass is 32.2. The average molecular weight is 690 g/mol. The molecular formula is C34H31N3O11S. The molecule has 1 saturated heterocycles. The SMILES string of the molecule is CCOC(=O)C(C)Sc1nn(C2OC(COC(=O)c3ccccc3)C(OC(=O)c3ccccc3)C2OC(=O)c2ccccc2)c(=O)[nH]c1=O. The maximum Gasteiger partial charge on any atom is 0.347 e. The van der Waals surface area contributed by atoms with Gasteiger partial charge in [-0.3, -0.25) is 14.6 Å². The first kappa shape index (κ1) is 34.8. The van der Waals surface area contributed by atoms with Gasteiger partial charge in [-0.1, -0.05) is 66.4 Å². The maximum absolute atomic E-state index is 13.4. The molecular weight excluding hydrogens is 658 g/mol. The highest BCUT2D eigenvalue weighted by Gasteiger charge is 2.52. The zero-order chi connectivity index (χ0) is 34.9. The molecule has 1 N–H and O–H groups in total. The molecule has 14 nitrogen and oxygen atoms in total. The number of ether oxygens (including phenoxy) is 5. The zero-order valence-electron chi connectivity index (χ0n) is 26.3. The van der Waals surface area contributed by atoms with Gasteiger partial charge in [0.2, 0.25) is 0 Å². The third-order valence-corrected chi connectivity index (χ3v) is 8.18. The summed E-state index contributed by atoms with van der Waals surface area (Å²) < 4.78 is 29.1. The molecule has 2 heterocycles. The number of thioether (sulfide) groups is 1. The Hall–Kier alpha value is -5.54. The summed E-state index contributed by atoms with van der Waals surface area (Å²) in [5, 5.41) is 2.98. The van der Waals surface area contributed by atoms with Crippen LogP contribution in [-0.2, 0) is 28.5 Å². The predicted molar refractivity (Wildman–Crippen MR) is 173 cm³/mol. The van der Waals surface area contributed by atoms with E-state index in [1.165, 1.54) is 43.3 Å². The van der Waals surface area contributed by atoms with Crippen molar-refractivity contribution in [1.29, 1.82) is 0 Å². The maximum atomic E-state index is 13.4. The molecule has 254 valence electrons. The number of esters is 4. The van der Waals surface area contributed by atoms with Crippen molar-refractivity contribution < 1.29 is 42.9 Å². The highest BCUT2D eigenvalue weighted by Crippen LogP contribution is 2.35. The smallest absolute Gasteiger partial charge is 0.347 e. The van der Waals surface area contributed by atoms with Gasteiger partial charge in [0.15, 0.2) is 23.5 Å². The molecule has 1 aliphatic rings. The van der Waals surface area contributed by atoms with Gasteiger partial charge in [-0.15, -0.1) is 0 Å². The lowest BCUT2D eigenvalue weighted by molar-refractivity contribution is -0.142. The summed E-state index contributed by atoms with van der Waals surface area (Å²) in [6, 6.07) is 24.0. The molecule has 1 aliphatic heterocycles. The van der Waals surface area contributed by atoms with E-state index in [1.807, 2.05) is 0 Å². The van der Waals surface area contributed by atoms with Gasteiger partial charge in [0, 0.05) is 0 Å². The second-order valence-electron chi connectivity index (χ2n) is 10.5. The van der Waals surface area contributed by atoms with Crippen LogP contribution in [0.3, 0.4) is 0 Å². The number of nitrogens with one attached hydrogen (secondary N) is 1. The predicted octanol–water partition coefficient (Wildman–Crippen LogP) is 3.18. The van der Waals surface area contributed by atoms with Crippen molar-refractivity contribution in [3.8, 4) is 0 Å². The van der Waals surface area contributed by atoms with E-state index in [0.29, 0.717) is 4.68 Å². The Balaban J connectivity index is 1.54. The van der Waals surface area contributed by atoms with Crippen LogP contribution in [0.25, 0.3) is 0 Å². The van der Waals surface area contributed by atoms with Crippen molar-refractivity contribution >= 4 is 35.6 Å². The topological polar surface area (TPSA) is 182 Å². The van der Waals surface area contributed by atoms with Crippen molar-refractivity contribution in [2.24, 2.45) is 0 Å². The van der Waals surface area contributed by atoms with Gasteiger partial charge >= 0.3 is 29.6 Å². The van der Waals surface area contributed by atoms with E-state index in [-0.39, 0.29) is 28.3 Å². The molecule has 5 rings (SSSR count). The Kier molecular flexibility index (Phi) is 11.4. The first-order chi connectivity index (χ1) is 23.7. The van der Waals surface area contributed by atoms with Crippen LogP contribution in [0, 0.1) is 0 Å². The van der Waals surface area contributed by atoms with Crippen molar-refractivity contribution in [1.82, 2.24) is 14.8 Å². The van der Waals surface area contributed by atoms with E-state index in [0.717, 1.165) is 11.8 Å². The van der Waals surface area contributed by atoms with Crippen molar-refractivity contribution in [2.75, 3.05) is 13.2 Å². The summed E-state index contributed by atoms with van der Waals surface area (Å²) >= 11 is 0.726. The molecule has 49 heavy (non-hydrogen) atoms. The van der Waals surface area contributed by atoms with Crippen LogP contribution in [0.4, 0.5) is 0 Å². The lowest BCUT2D eigenvalue weighted by atomic mass is 10.1. The molecule has 3 aromatic carbocycles. The minimum Gasteiger partial charge on any atom is -0.465 e. The standard InChI is InChI=1S/C34H31N3O11S/c1-3-44-30(39)20(2)49-28-27(38)35-34(43)37(36-28)29-26(48-33(42)23-17-11-6-12-18-23)25(47-32(41)22-15-9-5-10-16-22)24(46-29)19-45-31(40)21-13-7-4-8-14-21/h4-18,20,24-26,29H,3,19H2,1-2H3,(H,35,38,43). The zero-order valence-corrected chi connectivity index (χ0v) is 27.1. The first-order valence-electron chi connectivity index (χ1n) is 15.1. The molecule has 5 atom stereocenters. The Labute approximate surface area is 283 Å². The van der Waals surface area contributed by atoms with Crippen LogP contribution in [0.1, 0.15) is 51.1 Å². The molecule has 0 amide bonds. The Morgan fingerprint density at radius 3 is 1.84 bits per heavy atom. The molecule has 0 spiro atoms. The third-order valence-electron chi connectivity index (χ3n) is 7.15. The van der Waals surface area contributed by atoms with Crippen LogP contribution >= 0.6 is 11.8 Å². The molecule has 15 heteroatoms. The van der Waals surface area contributed by atoms with E-state index in [9.17, 15) is 28.8 Å². The summed E-state index contributed by atoms with van der Waals surface area (Å²) in [6.45, 7) is 2.72. The lowest BCUT2D eigenvalue weighted by Gasteiger charge is -2.24. The van der Waals surface area contributed by atoms with Crippen LogP contribution in [0.15, 0.2) is 106 Å². The van der Waals surface area contributed by atoms with Gasteiger partial charge in [-0.25, -0.2) is 19.2 Å². The van der Waals surface area contributed by atoms with E-state index < -0.39 is 71.5 Å². The van der Waals surface area contributed by atoms with Gasteiger partial charge in [0.05, 0.1) is 23.3 Å². The monoisotopic (exact) mass is 689 g/mol. The van der Waals surface area contributed by atoms with Crippen molar-refractivity contribution in [2.45, 2.75) is 48.7 Å². The number of hydrogen-bond acceptors (Lipinski definition) is 13. The van der Waals surface area contributed by atoms with Gasteiger partial charge < -0.3 is 23.7 Å². The van der Waals surface area contributed by atoms with Crippen LogP contribution < -0.4 is 11.2 Å². The molecule has 4 aromatic rings. The Morgan fingerprint density at radius 2 is 1.31 bits per heavy atom. The number of carbonyl (C=O) groups is 4. The summed E-state index contributed by atoms with van der Waals surface area (Å²) in [5.41, 5.74) is -1.42. The highest BCUT2D eigenvalue weighted by molar-refractivity contribution is 8.00. The fourth-order valence-electron chi connectivity index (χ4n) is 4.78. The minimum absolute atomic E-state index is 0.108. The number of hydrogen-bond donors (Lipinski definition) is 1. The van der Waals surface area contributed by atoms with Crippen molar-refractivity contribution in [3.63, 3.8) is 0 Å². The Morgan fingerprint density at radius 1 is 0.796 bits per heavy atom. The molecule has 1 aromatic heterocycles. The number of nitrogens with zero attached hydrogens (tertiary/aromatic N) is 2. The summed E-state index contributed by atoms with van der Waals surface area (Å²) in [7, 11) is 0. The number of rotatable bonds is 12. The van der Waals surface area contributed by atoms with Crippen LogP contribution in [0.2, 0.25) is 0 Å². The second kappa shape index (κ2) is 16.0. The molecule has 0 aliphatic carbocycles. The largest absolute Gasteiger partial charge is 0.465 e. The number of aromatic nitrogens is 3. The molecule has 5 unspecified atom stereocenters. The Bertz CT molecular complexity index is 1900. The van der Waals surface area contributed by atoms with E-state index >= 15 is 0 Å². The summed E-state index contributed by atoms with van der Waals surface area (Å²) in [6.07, 6.45) is -5.92. The van der Waals surface area contributed by atoms with Crippen molar-refractivity contribution in [3.05, 3.63) is 129 Å². The molecule has 0 saturated carbocycles. The van der Waals surface area contributed by atoms with E-state index in [1.54, 1.807) is 61.5 Å². The number of aromatic amines is 1. The van der Waals surface area contributed by atoms with Gasteiger partial charge in [0.25, 0.3) is 5.56 Å². The molecule has 0 bridgehead atoms. The fraction of sp³-hybridized carbons (Fsp3) is 0.265. The molecule has 1 fully saturated rings. The van der Waals surface area contributed by atoms with E-state index in [4.69, 9.17) is 23.7 Å².